The molecule has 0 aliphatic carbocycles. The molecule has 5 aromatic rings. The summed E-state index contributed by atoms with van der Waals surface area (Å²) < 4.78 is 0. The van der Waals surface area contributed by atoms with Gasteiger partial charge in [0.2, 0.25) is 17.8 Å². The monoisotopic (exact) mass is 635 g/mol. The molecule has 0 amide bonds. The highest BCUT2D eigenvalue weighted by Crippen LogP contribution is 2.26. The van der Waals surface area contributed by atoms with E-state index in [9.17, 15) is 0 Å². The number of nitrogens with one attached hydrogen (secondary N) is 3. The third-order valence-corrected chi connectivity index (χ3v) is 7.72. The number of thiocarbonyl (C=S) groups is 1. The van der Waals surface area contributed by atoms with Gasteiger partial charge in [0.05, 0.1) is 11.2 Å². The van der Waals surface area contributed by atoms with Crippen LogP contribution >= 0.6 is 47.0 Å². The number of hydrogen-bond acceptors (Lipinski definition) is 8. The second kappa shape index (κ2) is 12.5. The molecule has 1 saturated heterocycles. The van der Waals surface area contributed by atoms with Crippen LogP contribution in [0.5, 0.6) is 0 Å². The first-order chi connectivity index (χ1) is 20.4. The van der Waals surface area contributed by atoms with Gasteiger partial charge >= 0.3 is 0 Å². The van der Waals surface area contributed by atoms with E-state index in [1.165, 1.54) is 0 Å². The molecule has 0 spiro atoms. The van der Waals surface area contributed by atoms with E-state index in [0.29, 0.717) is 64.2 Å². The topological polar surface area (TPSA) is 94.1 Å². The molecule has 42 heavy (non-hydrogen) atoms. The molecule has 0 saturated carbocycles. The summed E-state index contributed by atoms with van der Waals surface area (Å²) >= 11 is 24.0. The zero-order chi connectivity index (χ0) is 29.1. The molecule has 1 aliphatic rings. The van der Waals surface area contributed by atoms with Crippen LogP contribution in [0, 0.1) is 0 Å². The molecular formula is C29H24Cl3N9S. The molecule has 13 heteroatoms. The second-order valence-electron chi connectivity index (χ2n) is 9.47. The van der Waals surface area contributed by atoms with Crippen molar-refractivity contribution in [2.24, 2.45) is 0 Å². The van der Waals surface area contributed by atoms with E-state index in [4.69, 9.17) is 57.0 Å². The van der Waals surface area contributed by atoms with Crippen molar-refractivity contribution in [1.29, 1.82) is 0 Å². The Kier molecular flexibility index (Phi) is 8.38. The lowest BCUT2D eigenvalue weighted by atomic mass is 10.2. The molecule has 0 atom stereocenters. The highest BCUT2D eigenvalue weighted by Gasteiger charge is 2.23. The summed E-state index contributed by atoms with van der Waals surface area (Å²) in [6.45, 7) is 2.71. The first-order valence-corrected chi connectivity index (χ1v) is 14.6. The maximum Gasteiger partial charge on any atom is 0.233 e. The lowest BCUT2D eigenvalue weighted by Gasteiger charge is -2.36. The minimum Gasteiger partial charge on any atom is -0.345 e. The van der Waals surface area contributed by atoms with Crippen LogP contribution in [-0.4, -0.2) is 56.1 Å². The zero-order valence-corrected chi connectivity index (χ0v) is 25.1. The Labute approximate surface area is 262 Å². The van der Waals surface area contributed by atoms with Gasteiger partial charge < -0.3 is 25.8 Å². The summed E-state index contributed by atoms with van der Waals surface area (Å²) in [6.07, 6.45) is 1.74. The molecule has 2 aromatic heterocycles. The summed E-state index contributed by atoms with van der Waals surface area (Å²) in [6, 6.07) is 22.2. The molecule has 0 unspecified atom stereocenters. The Balaban J connectivity index is 1.18. The van der Waals surface area contributed by atoms with Crippen LogP contribution in [0.4, 0.5) is 34.9 Å². The Morgan fingerprint density at radius 1 is 0.690 bits per heavy atom. The predicted molar refractivity (Wildman–Crippen MR) is 176 cm³/mol. The first-order valence-electron chi connectivity index (χ1n) is 13.1. The highest BCUT2D eigenvalue weighted by atomic mass is 35.5. The third kappa shape index (κ3) is 6.74. The summed E-state index contributed by atoms with van der Waals surface area (Å²) in [5, 5.41) is 13.4. The summed E-state index contributed by atoms with van der Waals surface area (Å²) in [5.74, 6) is 1.36. The number of hydrogen-bond donors (Lipinski definition) is 3. The average molecular weight is 637 g/mol. The number of pyridine rings is 1. The van der Waals surface area contributed by atoms with Crippen molar-refractivity contribution in [2.45, 2.75) is 0 Å². The lowest BCUT2D eigenvalue weighted by Crippen LogP contribution is -2.50. The van der Waals surface area contributed by atoms with E-state index >= 15 is 0 Å². The van der Waals surface area contributed by atoms with Gasteiger partial charge in [-0.25, -0.2) is 0 Å². The van der Waals surface area contributed by atoms with Crippen molar-refractivity contribution in [3.63, 3.8) is 0 Å². The van der Waals surface area contributed by atoms with Crippen molar-refractivity contribution in [2.75, 3.05) is 47.0 Å². The van der Waals surface area contributed by atoms with Gasteiger partial charge in [-0.15, -0.1) is 0 Å². The molecule has 212 valence electrons. The van der Waals surface area contributed by atoms with Crippen LogP contribution in [0.15, 0.2) is 79.0 Å². The van der Waals surface area contributed by atoms with Crippen molar-refractivity contribution in [3.8, 4) is 0 Å². The van der Waals surface area contributed by atoms with Crippen molar-refractivity contribution >= 4 is 97.9 Å². The number of aromatic nitrogens is 4. The van der Waals surface area contributed by atoms with Gasteiger partial charge in [0.1, 0.15) is 0 Å². The van der Waals surface area contributed by atoms with Crippen molar-refractivity contribution in [3.05, 3.63) is 94.1 Å². The standard InChI is InChI=1S/C29H24Cl3N9S/c30-18-1-6-21(7-2-18)34-26-37-27(35-22-8-3-19(31)4-9-22)39-28(38-26)40-13-15-41(16-14-40)29(42)36-24-11-12-33-25-17-20(32)5-10-23(24)25/h1-12,17H,13-16H2,(H,33,36,42)(H2,34,35,37,38,39). The Morgan fingerprint density at radius 3 is 1.86 bits per heavy atom. The Bertz CT molecular complexity index is 1660. The minimum absolute atomic E-state index is 0.406. The molecule has 3 aromatic carbocycles. The summed E-state index contributed by atoms with van der Waals surface area (Å²) in [7, 11) is 0. The van der Waals surface area contributed by atoms with Gasteiger partial charge in [-0.2, -0.15) is 15.0 Å². The van der Waals surface area contributed by atoms with Crippen LogP contribution in [0.2, 0.25) is 15.1 Å². The maximum atomic E-state index is 6.14. The van der Waals surface area contributed by atoms with E-state index in [-0.39, 0.29) is 0 Å². The van der Waals surface area contributed by atoms with E-state index < -0.39 is 0 Å². The van der Waals surface area contributed by atoms with E-state index in [1.54, 1.807) is 30.5 Å². The number of fused-ring (bicyclic) bond motifs is 1. The molecule has 3 heterocycles. The SMILES string of the molecule is S=C(Nc1ccnc2cc(Cl)ccc12)N1CCN(c2nc(Nc3ccc(Cl)cc3)nc(Nc3ccc(Cl)cc3)n2)CC1. The number of nitrogens with zero attached hydrogens (tertiary/aromatic N) is 6. The molecule has 6 rings (SSSR count). The predicted octanol–water partition coefficient (Wildman–Crippen LogP) is 7.39. The van der Waals surface area contributed by atoms with Crippen LogP contribution in [-0.2, 0) is 0 Å². The number of benzene rings is 3. The highest BCUT2D eigenvalue weighted by molar-refractivity contribution is 7.80. The van der Waals surface area contributed by atoms with Gasteiger partial charge in [-0.05, 0) is 85.0 Å². The molecule has 1 aliphatic heterocycles. The van der Waals surface area contributed by atoms with Crippen LogP contribution in [0.3, 0.4) is 0 Å². The molecular weight excluding hydrogens is 613 g/mol. The maximum absolute atomic E-state index is 6.14. The molecule has 0 radical (unpaired) electrons. The fraction of sp³-hybridized carbons (Fsp3) is 0.138. The minimum atomic E-state index is 0.406. The number of anilines is 6. The average Bonchev–Trinajstić information content (AvgIpc) is 2.99. The zero-order valence-electron chi connectivity index (χ0n) is 22.1. The fourth-order valence-electron chi connectivity index (χ4n) is 4.48. The van der Waals surface area contributed by atoms with E-state index in [0.717, 1.165) is 28.0 Å². The molecule has 0 bridgehead atoms. The van der Waals surface area contributed by atoms with Gasteiger partial charge in [0.15, 0.2) is 5.11 Å². The van der Waals surface area contributed by atoms with Crippen molar-refractivity contribution in [1.82, 2.24) is 24.8 Å². The second-order valence-corrected chi connectivity index (χ2v) is 11.2. The van der Waals surface area contributed by atoms with Crippen molar-refractivity contribution < 1.29 is 0 Å². The largest absolute Gasteiger partial charge is 0.345 e. The van der Waals surface area contributed by atoms with Gasteiger partial charge in [-0.3, -0.25) is 4.98 Å². The van der Waals surface area contributed by atoms with Gasteiger partial charge in [0, 0.05) is 64.2 Å². The lowest BCUT2D eigenvalue weighted by molar-refractivity contribution is 0.388. The van der Waals surface area contributed by atoms with Crippen LogP contribution < -0.4 is 20.9 Å². The fourth-order valence-corrected chi connectivity index (χ4v) is 5.19. The molecule has 1 fully saturated rings. The smallest absolute Gasteiger partial charge is 0.233 e. The number of rotatable bonds is 6. The Morgan fingerprint density at radius 2 is 1.26 bits per heavy atom. The Hall–Kier alpha value is -3.96. The number of piperazine rings is 1. The third-order valence-electron chi connectivity index (χ3n) is 6.62. The van der Waals surface area contributed by atoms with E-state index in [2.05, 4.69) is 35.7 Å². The number of halogens is 3. The summed E-state index contributed by atoms with van der Waals surface area (Å²) in [4.78, 5) is 22.7. The van der Waals surface area contributed by atoms with Crippen LogP contribution in [0.1, 0.15) is 0 Å². The molecule has 9 nitrogen and oxygen atoms in total. The molecule has 3 N–H and O–H groups in total. The van der Waals surface area contributed by atoms with Gasteiger partial charge in [-0.1, -0.05) is 34.8 Å². The van der Waals surface area contributed by atoms with Crippen LogP contribution in [0.25, 0.3) is 10.9 Å². The quantitative estimate of drug-likeness (QED) is 0.164. The first kappa shape index (κ1) is 28.2. The summed E-state index contributed by atoms with van der Waals surface area (Å²) in [5.41, 5.74) is 3.31. The van der Waals surface area contributed by atoms with E-state index in [1.807, 2.05) is 48.5 Å². The van der Waals surface area contributed by atoms with Gasteiger partial charge in [0.25, 0.3) is 0 Å². The normalized spacial score (nSPS) is 13.2.